The third-order valence-electron chi connectivity index (χ3n) is 3.75. The highest BCUT2D eigenvalue weighted by atomic mass is 79.9. The third-order valence-corrected chi connectivity index (χ3v) is 5.89. The summed E-state index contributed by atoms with van der Waals surface area (Å²) in [4.78, 5) is 26.5. The van der Waals surface area contributed by atoms with E-state index in [1.807, 2.05) is 6.07 Å². The van der Waals surface area contributed by atoms with Gasteiger partial charge in [-0.2, -0.15) is 5.26 Å². The van der Waals surface area contributed by atoms with E-state index in [0.29, 0.717) is 26.9 Å². The Kier molecular flexibility index (Phi) is 6.68. The van der Waals surface area contributed by atoms with Gasteiger partial charge in [-0.05, 0) is 53.7 Å². The van der Waals surface area contributed by atoms with Crippen molar-refractivity contribution >= 4 is 68.1 Å². The molecule has 0 spiro atoms. The zero-order valence-corrected chi connectivity index (χ0v) is 18.0. The molecule has 0 radical (unpaired) electrons. The van der Waals surface area contributed by atoms with Crippen molar-refractivity contribution in [2.24, 2.45) is 0 Å². The molecule has 0 aliphatic carbocycles. The standard InChI is InChI=1S/C19H11BrCl2N2O3S/c20-13-2-4-16(27-6-5-23)12(8-13)9-17-18(25)24(19(26)28-17)10-11-1-3-14(21)15(22)7-11/h1-4,7-9H,6,10H2/b17-9-. The SMILES string of the molecule is N#CCOc1ccc(Br)cc1/C=C1\SC(=O)N(Cc2ccc(Cl)c(Cl)c2)C1=O. The molecule has 2 amide bonds. The second kappa shape index (κ2) is 9.01. The number of amides is 2. The first kappa shape index (κ1) is 20.7. The summed E-state index contributed by atoms with van der Waals surface area (Å²) in [6, 6.07) is 12.1. The predicted octanol–water partition coefficient (Wildman–Crippen LogP) is 5.89. The minimum atomic E-state index is -0.410. The summed E-state index contributed by atoms with van der Waals surface area (Å²) < 4.78 is 6.16. The summed E-state index contributed by atoms with van der Waals surface area (Å²) in [6.07, 6.45) is 1.58. The van der Waals surface area contributed by atoms with Crippen LogP contribution in [0.1, 0.15) is 11.1 Å². The van der Waals surface area contributed by atoms with Gasteiger partial charge in [0, 0.05) is 10.0 Å². The van der Waals surface area contributed by atoms with E-state index in [1.54, 1.807) is 42.5 Å². The number of carbonyl (C=O) groups excluding carboxylic acids is 2. The highest BCUT2D eigenvalue weighted by molar-refractivity contribution is 9.10. The van der Waals surface area contributed by atoms with Gasteiger partial charge in [-0.3, -0.25) is 14.5 Å². The van der Waals surface area contributed by atoms with Crippen LogP contribution in [0.25, 0.3) is 6.08 Å². The number of ether oxygens (including phenoxy) is 1. The largest absolute Gasteiger partial charge is 0.478 e. The van der Waals surface area contributed by atoms with Gasteiger partial charge >= 0.3 is 0 Å². The van der Waals surface area contributed by atoms with E-state index >= 15 is 0 Å². The number of hydrogen-bond acceptors (Lipinski definition) is 5. The van der Waals surface area contributed by atoms with Crippen LogP contribution in [0.4, 0.5) is 4.79 Å². The average molecular weight is 498 g/mol. The van der Waals surface area contributed by atoms with Crippen LogP contribution in [-0.4, -0.2) is 22.7 Å². The van der Waals surface area contributed by atoms with Gasteiger partial charge in [-0.25, -0.2) is 0 Å². The van der Waals surface area contributed by atoms with Gasteiger partial charge in [0.15, 0.2) is 6.61 Å². The summed E-state index contributed by atoms with van der Waals surface area (Å²) >= 11 is 16.1. The summed E-state index contributed by atoms with van der Waals surface area (Å²) in [6.45, 7) is -0.0313. The van der Waals surface area contributed by atoms with Crippen molar-refractivity contribution in [3.63, 3.8) is 0 Å². The Morgan fingerprint density at radius 3 is 2.68 bits per heavy atom. The van der Waals surface area contributed by atoms with Crippen LogP contribution < -0.4 is 4.74 Å². The van der Waals surface area contributed by atoms with Crippen LogP contribution in [0.5, 0.6) is 5.75 Å². The molecule has 1 saturated heterocycles. The third kappa shape index (κ3) is 4.70. The van der Waals surface area contributed by atoms with Gasteiger partial charge in [0.05, 0.1) is 21.5 Å². The lowest BCUT2D eigenvalue weighted by Gasteiger charge is -2.13. The van der Waals surface area contributed by atoms with Crippen LogP contribution in [0.3, 0.4) is 0 Å². The van der Waals surface area contributed by atoms with Crippen LogP contribution >= 0.6 is 50.9 Å². The van der Waals surface area contributed by atoms with Crippen LogP contribution in [-0.2, 0) is 11.3 Å². The minimum Gasteiger partial charge on any atom is -0.478 e. The Hall–Kier alpha value is -1.98. The van der Waals surface area contributed by atoms with Gasteiger partial charge in [-0.1, -0.05) is 45.2 Å². The maximum atomic E-state index is 12.7. The van der Waals surface area contributed by atoms with E-state index < -0.39 is 5.91 Å². The Balaban J connectivity index is 1.86. The van der Waals surface area contributed by atoms with Gasteiger partial charge in [0.25, 0.3) is 11.1 Å². The molecule has 0 aromatic heterocycles. The van der Waals surface area contributed by atoms with Crippen molar-refractivity contribution in [3.8, 4) is 11.8 Å². The molecular weight excluding hydrogens is 487 g/mol. The molecule has 9 heteroatoms. The number of benzene rings is 2. The number of carbonyl (C=O) groups is 2. The van der Waals surface area contributed by atoms with E-state index in [-0.39, 0.29) is 23.3 Å². The first-order valence-electron chi connectivity index (χ1n) is 7.87. The molecule has 3 rings (SSSR count). The number of nitriles is 1. The molecule has 0 saturated carbocycles. The molecule has 2 aromatic rings. The van der Waals surface area contributed by atoms with E-state index in [1.165, 1.54) is 0 Å². The summed E-state index contributed by atoms with van der Waals surface area (Å²) in [5, 5.41) is 9.10. The van der Waals surface area contributed by atoms with Gasteiger partial charge < -0.3 is 4.74 Å². The second-order valence-corrected chi connectivity index (χ2v) is 8.37. The van der Waals surface area contributed by atoms with E-state index in [2.05, 4.69) is 15.9 Å². The highest BCUT2D eigenvalue weighted by Crippen LogP contribution is 2.36. The van der Waals surface area contributed by atoms with Gasteiger partial charge in [0.1, 0.15) is 11.8 Å². The van der Waals surface area contributed by atoms with Crippen molar-refractivity contribution in [1.29, 1.82) is 5.26 Å². The molecular formula is C19H11BrCl2N2O3S. The maximum absolute atomic E-state index is 12.7. The Labute approximate surface area is 184 Å². The molecule has 5 nitrogen and oxygen atoms in total. The molecule has 0 bridgehead atoms. The van der Waals surface area contributed by atoms with E-state index in [0.717, 1.165) is 21.1 Å². The fourth-order valence-electron chi connectivity index (χ4n) is 2.47. The monoisotopic (exact) mass is 496 g/mol. The molecule has 1 heterocycles. The Morgan fingerprint density at radius 1 is 1.18 bits per heavy atom. The number of nitrogens with zero attached hydrogens (tertiary/aromatic N) is 2. The first-order valence-corrected chi connectivity index (χ1v) is 10.2. The topological polar surface area (TPSA) is 70.4 Å². The fourth-order valence-corrected chi connectivity index (χ4v) is 4.00. The van der Waals surface area contributed by atoms with Crippen molar-refractivity contribution in [3.05, 3.63) is 66.9 Å². The molecule has 28 heavy (non-hydrogen) atoms. The second-order valence-electron chi connectivity index (χ2n) is 5.65. The molecule has 0 unspecified atom stereocenters. The molecule has 1 aliphatic rings. The number of thioether (sulfide) groups is 1. The first-order chi connectivity index (χ1) is 13.4. The maximum Gasteiger partial charge on any atom is 0.293 e. The lowest BCUT2D eigenvalue weighted by Crippen LogP contribution is -2.27. The zero-order valence-electron chi connectivity index (χ0n) is 14.1. The molecule has 1 aliphatic heterocycles. The van der Waals surface area contributed by atoms with Gasteiger partial charge in [0.2, 0.25) is 0 Å². The average Bonchev–Trinajstić information content (AvgIpc) is 2.91. The summed E-state index contributed by atoms with van der Waals surface area (Å²) in [5.41, 5.74) is 1.28. The Bertz CT molecular complexity index is 1040. The van der Waals surface area contributed by atoms with Crippen molar-refractivity contribution < 1.29 is 14.3 Å². The molecule has 0 atom stereocenters. The number of rotatable bonds is 5. The predicted molar refractivity (Wildman–Crippen MR) is 113 cm³/mol. The van der Waals surface area contributed by atoms with Crippen LogP contribution in [0, 0.1) is 11.3 Å². The summed E-state index contributed by atoms with van der Waals surface area (Å²) in [5.74, 6) is 0.0355. The van der Waals surface area contributed by atoms with Crippen molar-refractivity contribution in [2.45, 2.75) is 6.54 Å². The zero-order chi connectivity index (χ0) is 20.3. The smallest absolute Gasteiger partial charge is 0.293 e. The van der Waals surface area contributed by atoms with Crippen LogP contribution in [0.15, 0.2) is 45.8 Å². The number of imide groups is 1. The fraction of sp³-hybridized carbons (Fsp3) is 0.105. The lowest BCUT2D eigenvalue weighted by atomic mass is 10.1. The number of hydrogen-bond donors (Lipinski definition) is 0. The lowest BCUT2D eigenvalue weighted by molar-refractivity contribution is -0.123. The van der Waals surface area contributed by atoms with Crippen molar-refractivity contribution in [2.75, 3.05) is 6.61 Å². The van der Waals surface area contributed by atoms with Crippen molar-refractivity contribution in [1.82, 2.24) is 4.90 Å². The Morgan fingerprint density at radius 2 is 1.96 bits per heavy atom. The van der Waals surface area contributed by atoms with Gasteiger partial charge in [-0.15, -0.1) is 0 Å². The normalized spacial score (nSPS) is 15.2. The molecule has 0 N–H and O–H groups in total. The molecule has 1 fully saturated rings. The van der Waals surface area contributed by atoms with E-state index in [4.69, 9.17) is 33.2 Å². The van der Waals surface area contributed by atoms with Crippen LogP contribution in [0.2, 0.25) is 10.0 Å². The molecule has 142 valence electrons. The van der Waals surface area contributed by atoms with E-state index in [9.17, 15) is 9.59 Å². The summed E-state index contributed by atoms with van der Waals surface area (Å²) in [7, 11) is 0. The quantitative estimate of drug-likeness (QED) is 0.481. The highest BCUT2D eigenvalue weighted by Gasteiger charge is 2.35. The number of halogens is 3. The minimum absolute atomic E-state index is 0.0924. The molecule has 2 aromatic carbocycles.